The molecule has 4 nitrogen and oxygen atoms in total. The summed E-state index contributed by atoms with van der Waals surface area (Å²) in [5.74, 6) is -0.00628. The van der Waals surface area contributed by atoms with Crippen molar-refractivity contribution in [3.63, 3.8) is 0 Å². The van der Waals surface area contributed by atoms with E-state index in [-0.39, 0.29) is 22.5 Å². The number of phenols is 1. The lowest BCUT2D eigenvalue weighted by Gasteiger charge is -1.99. The van der Waals surface area contributed by atoms with Gasteiger partial charge in [-0.25, -0.2) is 4.39 Å². The van der Waals surface area contributed by atoms with Gasteiger partial charge in [0.25, 0.3) is 5.89 Å². The number of rotatable bonds is 2. The van der Waals surface area contributed by atoms with Crippen molar-refractivity contribution in [1.29, 1.82) is 0 Å². The fourth-order valence-corrected chi connectivity index (χ4v) is 2.54. The van der Waals surface area contributed by atoms with E-state index < -0.39 is 5.82 Å². The summed E-state index contributed by atoms with van der Waals surface area (Å²) in [6.45, 7) is 0. The zero-order valence-corrected chi connectivity index (χ0v) is 13.3. The molecule has 0 saturated heterocycles. The topological polar surface area (TPSA) is 59.2 Å². The van der Waals surface area contributed by atoms with E-state index in [1.165, 1.54) is 18.2 Å². The van der Waals surface area contributed by atoms with Gasteiger partial charge in [-0.05, 0) is 59.0 Å². The molecule has 0 radical (unpaired) electrons. The van der Waals surface area contributed by atoms with Crippen molar-refractivity contribution in [1.82, 2.24) is 10.1 Å². The molecule has 2 aromatic carbocycles. The lowest BCUT2D eigenvalue weighted by Crippen LogP contribution is -1.85. The number of hydrogen-bond donors (Lipinski definition) is 1. The second kappa shape index (κ2) is 5.61. The minimum atomic E-state index is -0.442. The summed E-state index contributed by atoms with van der Waals surface area (Å²) >= 11 is 8.08. The van der Waals surface area contributed by atoms with Gasteiger partial charge in [0.2, 0.25) is 5.82 Å². The Balaban J connectivity index is 2.06. The van der Waals surface area contributed by atoms with E-state index in [1.807, 2.05) is 0 Å². The molecule has 0 saturated carbocycles. The van der Waals surface area contributed by atoms with Crippen molar-refractivity contribution in [2.24, 2.45) is 0 Å². The Hall–Kier alpha value is -1.67. The molecule has 0 spiro atoms. The number of aromatic hydroxyl groups is 1. The van der Waals surface area contributed by atoms with Crippen LogP contribution < -0.4 is 0 Å². The Morgan fingerprint density at radius 2 is 1.95 bits per heavy atom. The van der Waals surface area contributed by atoms with Crippen LogP contribution in [0.25, 0.3) is 22.8 Å². The van der Waals surface area contributed by atoms with Crippen molar-refractivity contribution in [3.8, 4) is 28.6 Å². The molecule has 0 aliphatic heterocycles. The number of hydrogen-bond acceptors (Lipinski definition) is 4. The zero-order valence-electron chi connectivity index (χ0n) is 10.3. The fourth-order valence-electron chi connectivity index (χ4n) is 1.79. The molecule has 3 rings (SSSR count). The van der Waals surface area contributed by atoms with Crippen molar-refractivity contribution in [2.75, 3.05) is 0 Å². The second-order valence-electron chi connectivity index (χ2n) is 4.21. The summed E-state index contributed by atoms with van der Waals surface area (Å²) in [5, 5.41) is 13.9. The molecule has 0 atom stereocenters. The summed E-state index contributed by atoms with van der Waals surface area (Å²) in [6.07, 6.45) is 0. The van der Waals surface area contributed by atoms with Gasteiger partial charge in [0, 0.05) is 9.13 Å². The largest absolute Gasteiger partial charge is 0.507 e. The predicted octanol–water partition coefficient (Wildman–Crippen LogP) is 4.51. The Bertz CT molecular complexity index is 822. The molecule has 0 fully saturated rings. The first-order chi connectivity index (χ1) is 10.0. The highest BCUT2D eigenvalue weighted by Crippen LogP contribution is 2.32. The molecular weight excluding hydrogens is 410 g/mol. The van der Waals surface area contributed by atoms with E-state index in [9.17, 15) is 9.50 Å². The fraction of sp³-hybridized carbons (Fsp3) is 0. The molecule has 1 aromatic heterocycles. The number of aromatic nitrogens is 2. The quantitative estimate of drug-likeness (QED) is 0.625. The number of nitrogens with zero attached hydrogens (tertiary/aromatic N) is 2. The van der Waals surface area contributed by atoms with Gasteiger partial charge in [0.05, 0.1) is 10.6 Å². The first-order valence-electron chi connectivity index (χ1n) is 5.82. The first kappa shape index (κ1) is 14.3. The molecule has 0 aliphatic rings. The van der Waals surface area contributed by atoms with Crippen LogP contribution in [0.2, 0.25) is 5.02 Å². The van der Waals surface area contributed by atoms with E-state index in [0.29, 0.717) is 11.1 Å². The molecule has 1 N–H and O–H groups in total. The van der Waals surface area contributed by atoms with Gasteiger partial charge >= 0.3 is 0 Å². The van der Waals surface area contributed by atoms with Gasteiger partial charge in [-0.15, -0.1) is 0 Å². The maximum Gasteiger partial charge on any atom is 0.262 e. The van der Waals surface area contributed by atoms with E-state index in [2.05, 4.69) is 32.7 Å². The lowest BCUT2D eigenvalue weighted by atomic mass is 10.2. The third-order valence-electron chi connectivity index (χ3n) is 2.79. The van der Waals surface area contributed by atoms with Crippen LogP contribution in [-0.2, 0) is 0 Å². The molecular formula is C14H7ClFIN2O2. The summed E-state index contributed by atoms with van der Waals surface area (Å²) in [5.41, 5.74) is 0.886. The minimum Gasteiger partial charge on any atom is -0.507 e. The summed E-state index contributed by atoms with van der Waals surface area (Å²) < 4.78 is 19.1. The van der Waals surface area contributed by atoms with Crippen LogP contribution in [0.4, 0.5) is 4.39 Å². The standard InChI is InChI=1S/C14H7ClFIN2O2/c15-11-5-7(16)1-3-9(11)13-18-14(21-19-13)10-6-8(17)2-4-12(10)20/h1-6,20H. The molecule has 0 amide bonds. The summed E-state index contributed by atoms with van der Waals surface area (Å²) in [4.78, 5) is 4.20. The normalized spacial score (nSPS) is 10.8. The van der Waals surface area contributed by atoms with E-state index in [1.54, 1.807) is 18.2 Å². The highest BCUT2D eigenvalue weighted by Gasteiger charge is 2.16. The van der Waals surface area contributed by atoms with Gasteiger partial charge in [-0.1, -0.05) is 16.8 Å². The Morgan fingerprint density at radius 1 is 1.14 bits per heavy atom. The van der Waals surface area contributed by atoms with Gasteiger partial charge in [-0.2, -0.15) is 4.98 Å². The van der Waals surface area contributed by atoms with Crippen LogP contribution in [0.15, 0.2) is 40.9 Å². The molecule has 0 bridgehead atoms. The SMILES string of the molecule is Oc1ccc(I)cc1-c1nc(-c2ccc(F)cc2Cl)no1. The maximum atomic E-state index is 13.0. The molecule has 21 heavy (non-hydrogen) atoms. The van der Waals surface area contributed by atoms with Crippen molar-refractivity contribution in [2.45, 2.75) is 0 Å². The number of phenolic OH excluding ortho intramolecular Hbond substituents is 1. The highest BCUT2D eigenvalue weighted by atomic mass is 127. The molecule has 0 unspecified atom stereocenters. The van der Waals surface area contributed by atoms with Crippen LogP contribution in [-0.4, -0.2) is 15.2 Å². The molecule has 106 valence electrons. The molecule has 0 aliphatic carbocycles. The first-order valence-corrected chi connectivity index (χ1v) is 7.28. The number of benzene rings is 2. The van der Waals surface area contributed by atoms with Crippen LogP contribution in [0.3, 0.4) is 0 Å². The molecule has 7 heteroatoms. The Labute approximate surface area is 137 Å². The Kier molecular flexibility index (Phi) is 3.81. The van der Waals surface area contributed by atoms with E-state index >= 15 is 0 Å². The summed E-state index contributed by atoms with van der Waals surface area (Å²) in [6, 6.07) is 8.94. The van der Waals surface area contributed by atoms with Crippen molar-refractivity contribution >= 4 is 34.2 Å². The van der Waals surface area contributed by atoms with E-state index in [4.69, 9.17) is 16.1 Å². The third kappa shape index (κ3) is 2.86. The smallest absolute Gasteiger partial charge is 0.262 e. The minimum absolute atomic E-state index is 0.0378. The van der Waals surface area contributed by atoms with Crippen LogP contribution in [0.1, 0.15) is 0 Å². The Morgan fingerprint density at radius 3 is 2.71 bits per heavy atom. The average Bonchev–Trinajstić information content (AvgIpc) is 2.91. The van der Waals surface area contributed by atoms with E-state index in [0.717, 1.165) is 3.57 Å². The second-order valence-corrected chi connectivity index (χ2v) is 5.86. The monoisotopic (exact) mass is 416 g/mol. The van der Waals surface area contributed by atoms with Crippen molar-refractivity contribution in [3.05, 3.63) is 50.8 Å². The average molecular weight is 417 g/mol. The maximum absolute atomic E-state index is 13.0. The zero-order chi connectivity index (χ0) is 15.0. The highest BCUT2D eigenvalue weighted by molar-refractivity contribution is 14.1. The predicted molar refractivity (Wildman–Crippen MR) is 84.5 cm³/mol. The van der Waals surface area contributed by atoms with Gasteiger partial charge < -0.3 is 9.63 Å². The van der Waals surface area contributed by atoms with Gasteiger partial charge in [0.15, 0.2) is 0 Å². The van der Waals surface area contributed by atoms with Gasteiger partial charge in [0.1, 0.15) is 11.6 Å². The number of halogens is 3. The lowest BCUT2D eigenvalue weighted by molar-refractivity contribution is 0.425. The molecule has 1 heterocycles. The molecule has 3 aromatic rings. The third-order valence-corrected chi connectivity index (χ3v) is 3.77. The van der Waals surface area contributed by atoms with Crippen LogP contribution in [0, 0.1) is 9.39 Å². The van der Waals surface area contributed by atoms with Crippen LogP contribution >= 0.6 is 34.2 Å². The van der Waals surface area contributed by atoms with Crippen LogP contribution in [0.5, 0.6) is 5.75 Å². The van der Waals surface area contributed by atoms with Crippen molar-refractivity contribution < 1.29 is 14.0 Å². The summed E-state index contributed by atoms with van der Waals surface area (Å²) in [7, 11) is 0. The van der Waals surface area contributed by atoms with Gasteiger partial charge in [-0.3, -0.25) is 0 Å².